The summed E-state index contributed by atoms with van der Waals surface area (Å²) in [5, 5.41) is 22.1. The lowest BCUT2D eigenvalue weighted by atomic mass is 10.1. The van der Waals surface area contributed by atoms with Crippen LogP contribution in [0.5, 0.6) is 5.75 Å². The van der Waals surface area contributed by atoms with Gasteiger partial charge in [-0.25, -0.2) is 0 Å². The highest BCUT2D eigenvalue weighted by Crippen LogP contribution is 2.22. The van der Waals surface area contributed by atoms with E-state index in [0.29, 0.717) is 5.02 Å². The van der Waals surface area contributed by atoms with Crippen LogP contribution in [0, 0.1) is 11.3 Å². The molecule has 1 unspecified atom stereocenters. The molecule has 0 aromatic heterocycles. The zero-order chi connectivity index (χ0) is 13.0. The van der Waals surface area contributed by atoms with Gasteiger partial charge in [0.15, 0.2) is 0 Å². The standard InChI is InChI=1S/C14H11ClN2O/c15-11-3-5-12(6-4-11)17-14(9-16)10-1-7-13(18)8-2-10/h1-8,14,17-18H. The second-order valence-corrected chi connectivity index (χ2v) is 4.24. The molecule has 2 N–H and O–H groups in total. The maximum atomic E-state index is 9.21. The average molecular weight is 259 g/mol. The molecule has 2 aromatic rings. The first-order valence-corrected chi connectivity index (χ1v) is 5.77. The van der Waals surface area contributed by atoms with Crippen molar-refractivity contribution >= 4 is 17.3 Å². The van der Waals surface area contributed by atoms with Crippen LogP contribution in [-0.2, 0) is 0 Å². The predicted octanol–water partition coefficient (Wildman–Crippen LogP) is 3.72. The molecule has 2 aromatic carbocycles. The van der Waals surface area contributed by atoms with E-state index in [-0.39, 0.29) is 5.75 Å². The van der Waals surface area contributed by atoms with E-state index in [2.05, 4.69) is 11.4 Å². The third kappa shape index (κ3) is 2.93. The first-order valence-electron chi connectivity index (χ1n) is 5.39. The van der Waals surface area contributed by atoms with Crippen molar-refractivity contribution in [3.05, 3.63) is 59.1 Å². The minimum absolute atomic E-state index is 0.182. The summed E-state index contributed by atoms with van der Waals surface area (Å²) in [6, 6.07) is 15.4. The number of hydrogen-bond acceptors (Lipinski definition) is 3. The van der Waals surface area contributed by atoms with Crippen LogP contribution in [0.2, 0.25) is 5.02 Å². The summed E-state index contributed by atoms with van der Waals surface area (Å²) in [6.07, 6.45) is 0. The molecule has 0 aliphatic carbocycles. The number of phenols is 1. The summed E-state index contributed by atoms with van der Waals surface area (Å²) in [5.74, 6) is 0.182. The molecule has 1 atom stereocenters. The van der Waals surface area contributed by atoms with Crippen LogP contribution in [0.15, 0.2) is 48.5 Å². The number of rotatable bonds is 3. The van der Waals surface area contributed by atoms with Gasteiger partial charge in [-0.3, -0.25) is 0 Å². The smallest absolute Gasteiger partial charge is 0.140 e. The fourth-order valence-corrected chi connectivity index (χ4v) is 1.70. The number of nitrogens with zero attached hydrogens (tertiary/aromatic N) is 1. The summed E-state index contributed by atoms with van der Waals surface area (Å²) in [6.45, 7) is 0. The Morgan fingerprint density at radius 3 is 2.22 bits per heavy atom. The highest BCUT2D eigenvalue weighted by molar-refractivity contribution is 6.30. The summed E-state index contributed by atoms with van der Waals surface area (Å²) in [4.78, 5) is 0. The summed E-state index contributed by atoms with van der Waals surface area (Å²) in [5.41, 5.74) is 1.62. The van der Waals surface area contributed by atoms with Crippen LogP contribution in [0.25, 0.3) is 0 Å². The first kappa shape index (κ1) is 12.3. The molecular formula is C14H11ClN2O. The fraction of sp³-hybridized carbons (Fsp3) is 0.0714. The number of aromatic hydroxyl groups is 1. The third-order valence-electron chi connectivity index (χ3n) is 2.51. The first-order chi connectivity index (χ1) is 8.69. The zero-order valence-corrected chi connectivity index (χ0v) is 10.2. The number of halogens is 1. The number of nitriles is 1. The van der Waals surface area contributed by atoms with Gasteiger partial charge < -0.3 is 10.4 Å². The van der Waals surface area contributed by atoms with E-state index >= 15 is 0 Å². The van der Waals surface area contributed by atoms with Crippen molar-refractivity contribution in [2.24, 2.45) is 0 Å². The molecule has 4 heteroatoms. The molecule has 0 amide bonds. The second-order valence-electron chi connectivity index (χ2n) is 3.80. The Labute approximate surface area is 110 Å². The quantitative estimate of drug-likeness (QED) is 0.882. The van der Waals surface area contributed by atoms with Crippen LogP contribution in [0.4, 0.5) is 5.69 Å². The fourth-order valence-electron chi connectivity index (χ4n) is 1.57. The molecule has 0 fully saturated rings. The molecule has 18 heavy (non-hydrogen) atoms. The molecule has 90 valence electrons. The lowest BCUT2D eigenvalue weighted by Crippen LogP contribution is -2.08. The number of anilines is 1. The molecule has 0 spiro atoms. The van der Waals surface area contributed by atoms with Crippen molar-refractivity contribution in [3.8, 4) is 11.8 Å². The topological polar surface area (TPSA) is 56.0 Å². The largest absolute Gasteiger partial charge is 0.508 e. The Kier molecular flexibility index (Phi) is 3.71. The van der Waals surface area contributed by atoms with Crippen molar-refractivity contribution in [1.29, 1.82) is 5.26 Å². The lowest BCUT2D eigenvalue weighted by Gasteiger charge is -2.13. The molecule has 0 saturated heterocycles. The van der Waals surface area contributed by atoms with Crippen LogP contribution in [0.3, 0.4) is 0 Å². The van der Waals surface area contributed by atoms with Gasteiger partial charge in [-0.05, 0) is 42.0 Å². The Hall–Kier alpha value is -2.18. The highest BCUT2D eigenvalue weighted by atomic mass is 35.5. The summed E-state index contributed by atoms with van der Waals surface area (Å²) < 4.78 is 0. The predicted molar refractivity (Wildman–Crippen MR) is 71.5 cm³/mol. The van der Waals surface area contributed by atoms with Gasteiger partial charge in [0, 0.05) is 10.7 Å². The van der Waals surface area contributed by atoms with Crippen molar-refractivity contribution in [3.63, 3.8) is 0 Å². The number of benzene rings is 2. The van der Waals surface area contributed by atoms with Crippen molar-refractivity contribution in [2.45, 2.75) is 6.04 Å². The molecule has 0 aliphatic heterocycles. The van der Waals surface area contributed by atoms with Crippen LogP contribution >= 0.6 is 11.6 Å². The summed E-state index contributed by atoms with van der Waals surface area (Å²) >= 11 is 5.80. The van der Waals surface area contributed by atoms with E-state index in [4.69, 9.17) is 16.9 Å². The maximum absolute atomic E-state index is 9.21. The normalized spacial score (nSPS) is 11.6. The Balaban J connectivity index is 2.17. The average Bonchev–Trinajstić information content (AvgIpc) is 2.39. The number of hydrogen-bond donors (Lipinski definition) is 2. The second kappa shape index (κ2) is 5.44. The van der Waals surface area contributed by atoms with E-state index in [1.54, 1.807) is 36.4 Å². The van der Waals surface area contributed by atoms with Crippen LogP contribution in [0.1, 0.15) is 11.6 Å². The molecule has 2 rings (SSSR count). The van der Waals surface area contributed by atoms with E-state index < -0.39 is 6.04 Å². The van der Waals surface area contributed by atoms with Gasteiger partial charge >= 0.3 is 0 Å². The van der Waals surface area contributed by atoms with Crippen molar-refractivity contribution in [1.82, 2.24) is 0 Å². The third-order valence-corrected chi connectivity index (χ3v) is 2.76. The van der Waals surface area contributed by atoms with Crippen molar-refractivity contribution < 1.29 is 5.11 Å². The van der Waals surface area contributed by atoms with E-state index in [9.17, 15) is 5.11 Å². The van der Waals surface area contributed by atoms with Crippen molar-refractivity contribution in [2.75, 3.05) is 5.32 Å². The lowest BCUT2D eigenvalue weighted by molar-refractivity contribution is 0.475. The Bertz CT molecular complexity index is 558. The Morgan fingerprint density at radius 2 is 1.67 bits per heavy atom. The Morgan fingerprint density at radius 1 is 1.06 bits per heavy atom. The van der Waals surface area contributed by atoms with Gasteiger partial charge in [-0.15, -0.1) is 0 Å². The zero-order valence-electron chi connectivity index (χ0n) is 9.47. The minimum atomic E-state index is -0.466. The van der Waals surface area contributed by atoms with Gasteiger partial charge in [0.05, 0.1) is 6.07 Å². The van der Waals surface area contributed by atoms with E-state index in [1.807, 2.05) is 12.1 Å². The van der Waals surface area contributed by atoms with Gasteiger partial charge in [0.1, 0.15) is 11.8 Å². The SMILES string of the molecule is N#CC(Nc1ccc(Cl)cc1)c1ccc(O)cc1. The van der Waals surface area contributed by atoms with Crippen LogP contribution < -0.4 is 5.32 Å². The summed E-state index contributed by atoms with van der Waals surface area (Å²) in [7, 11) is 0. The molecule has 0 bridgehead atoms. The molecule has 0 heterocycles. The van der Waals surface area contributed by atoms with Crippen LogP contribution in [-0.4, -0.2) is 5.11 Å². The molecule has 0 aliphatic rings. The minimum Gasteiger partial charge on any atom is -0.508 e. The monoisotopic (exact) mass is 258 g/mol. The van der Waals surface area contributed by atoms with Gasteiger partial charge in [0.2, 0.25) is 0 Å². The van der Waals surface area contributed by atoms with Gasteiger partial charge in [-0.2, -0.15) is 5.26 Å². The highest BCUT2D eigenvalue weighted by Gasteiger charge is 2.09. The van der Waals surface area contributed by atoms with E-state index in [1.165, 1.54) is 0 Å². The number of nitrogens with one attached hydrogen (secondary N) is 1. The molecule has 0 radical (unpaired) electrons. The maximum Gasteiger partial charge on any atom is 0.140 e. The number of phenolic OH excluding ortho intramolecular Hbond substituents is 1. The molecular weight excluding hydrogens is 248 g/mol. The van der Waals surface area contributed by atoms with Gasteiger partial charge in [-0.1, -0.05) is 23.7 Å². The molecule has 0 saturated carbocycles. The molecule has 3 nitrogen and oxygen atoms in total. The van der Waals surface area contributed by atoms with Gasteiger partial charge in [0.25, 0.3) is 0 Å². The van der Waals surface area contributed by atoms with E-state index in [0.717, 1.165) is 11.3 Å².